The lowest BCUT2D eigenvalue weighted by atomic mass is 10.1. The van der Waals surface area contributed by atoms with Gasteiger partial charge >= 0.3 is 6.03 Å². The van der Waals surface area contributed by atoms with E-state index < -0.39 is 0 Å². The third-order valence-corrected chi connectivity index (χ3v) is 6.31. The molecule has 2 N–H and O–H groups in total. The molecular formula is C25H34N4O3. The summed E-state index contributed by atoms with van der Waals surface area (Å²) in [5, 5.41) is 12.5. The molecule has 7 heteroatoms. The van der Waals surface area contributed by atoms with E-state index >= 15 is 0 Å². The topological polar surface area (TPSA) is 68.3 Å². The number of para-hydroxylation sites is 1. The van der Waals surface area contributed by atoms with E-state index in [4.69, 9.17) is 4.74 Å². The van der Waals surface area contributed by atoms with Gasteiger partial charge < -0.3 is 15.2 Å². The zero-order valence-electron chi connectivity index (χ0n) is 18.9. The number of hydrogen-bond acceptors (Lipinski definition) is 5. The van der Waals surface area contributed by atoms with Crippen LogP contribution >= 0.6 is 0 Å². The maximum absolute atomic E-state index is 11.9. The highest BCUT2D eigenvalue weighted by molar-refractivity contribution is 5.93. The van der Waals surface area contributed by atoms with Crippen LogP contribution in [-0.2, 0) is 13.1 Å². The first-order chi connectivity index (χ1) is 15.7. The third-order valence-electron chi connectivity index (χ3n) is 6.31. The number of nitrogens with zero attached hydrogens (tertiary/aromatic N) is 3. The van der Waals surface area contributed by atoms with Crippen molar-refractivity contribution in [3.05, 3.63) is 59.7 Å². The molecule has 2 aliphatic rings. The number of aliphatic hydroxyl groups excluding tert-OH is 1. The molecule has 2 aromatic rings. The number of aliphatic hydroxyl groups is 1. The van der Waals surface area contributed by atoms with Crippen molar-refractivity contribution in [2.24, 2.45) is 0 Å². The highest BCUT2D eigenvalue weighted by Gasteiger charge is 2.27. The average molecular weight is 439 g/mol. The Morgan fingerprint density at radius 1 is 1.06 bits per heavy atom. The smallest absolute Gasteiger partial charge is 0.321 e. The summed E-state index contributed by atoms with van der Waals surface area (Å²) >= 11 is 0. The van der Waals surface area contributed by atoms with Crippen LogP contribution in [0.3, 0.4) is 0 Å². The molecule has 2 heterocycles. The molecule has 2 amide bonds. The number of rotatable bonds is 9. The second-order valence-corrected chi connectivity index (χ2v) is 8.46. The van der Waals surface area contributed by atoms with E-state index in [-0.39, 0.29) is 12.6 Å². The minimum Gasteiger partial charge on any atom is -0.494 e. The summed E-state index contributed by atoms with van der Waals surface area (Å²) in [6.45, 7) is 8.84. The first-order valence-corrected chi connectivity index (χ1v) is 11.6. The van der Waals surface area contributed by atoms with Crippen LogP contribution in [-0.4, -0.2) is 72.9 Å². The highest BCUT2D eigenvalue weighted by Crippen LogP contribution is 2.24. The number of nitrogens with one attached hydrogen (secondary N) is 1. The van der Waals surface area contributed by atoms with Crippen LogP contribution in [0.4, 0.5) is 10.5 Å². The van der Waals surface area contributed by atoms with E-state index in [9.17, 15) is 9.90 Å². The number of hydrogen-bond donors (Lipinski definition) is 2. The fourth-order valence-electron chi connectivity index (χ4n) is 4.64. The van der Waals surface area contributed by atoms with Gasteiger partial charge in [0.25, 0.3) is 0 Å². The Morgan fingerprint density at radius 2 is 1.88 bits per heavy atom. The first kappa shape index (κ1) is 22.6. The van der Waals surface area contributed by atoms with Crippen molar-refractivity contribution < 1.29 is 14.6 Å². The van der Waals surface area contributed by atoms with Crippen LogP contribution in [0.2, 0.25) is 0 Å². The average Bonchev–Trinajstić information content (AvgIpc) is 3.23. The van der Waals surface area contributed by atoms with E-state index in [2.05, 4.69) is 39.4 Å². The van der Waals surface area contributed by atoms with Gasteiger partial charge in [0.2, 0.25) is 0 Å². The molecule has 0 spiro atoms. The molecule has 4 rings (SSSR count). The zero-order chi connectivity index (χ0) is 22.3. The number of benzene rings is 2. The predicted molar refractivity (Wildman–Crippen MR) is 126 cm³/mol. The van der Waals surface area contributed by atoms with E-state index in [1.165, 1.54) is 11.1 Å². The first-order valence-electron chi connectivity index (χ1n) is 11.6. The van der Waals surface area contributed by atoms with Gasteiger partial charge in [-0.15, -0.1) is 0 Å². The predicted octanol–water partition coefficient (Wildman–Crippen LogP) is 2.68. The molecule has 172 valence electrons. The summed E-state index contributed by atoms with van der Waals surface area (Å²) in [5.74, 6) is 0.951. The summed E-state index contributed by atoms with van der Waals surface area (Å²) in [5.41, 5.74) is 3.39. The Kier molecular flexibility index (Phi) is 7.63. The molecule has 0 aliphatic carbocycles. The molecule has 2 saturated heterocycles. The quantitative estimate of drug-likeness (QED) is 0.630. The number of anilines is 1. The van der Waals surface area contributed by atoms with Crippen LogP contribution in [0.1, 0.15) is 24.5 Å². The van der Waals surface area contributed by atoms with Crippen molar-refractivity contribution in [3.8, 4) is 5.75 Å². The van der Waals surface area contributed by atoms with E-state index in [1.807, 2.05) is 31.2 Å². The maximum atomic E-state index is 11.9. The van der Waals surface area contributed by atoms with E-state index in [0.29, 0.717) is 19.2 Å². The number of carbonyl (C=O) groups is 1. The minimum absolute atomic E-state index is 0.0216. The third kappa shape index (κ3) is 5.41. The lowest BCUT2D eigenvalue weighted by Crippen LogP contribution is -2.52. The number of carbonyl (C=O) groups excluding carboxylic acids is 1. The summed E-state index contributed by atoms with van der Waals surface area (Å²) in [7, 11) is 0. The Balaban J connectivity index is 1.37. The van der Waals surface area contributed by atoms with Crippen molar-refractivity contribution in [2.45, 2.75) is 32.5 Å². The van der Waals surface area contributed by atoms with Gasteiger partial charge in [0.1, 0.15) is 5.75 Å². The largest absolute Gasteiger partial charge is 0.494 e. The van der Waals surface area contributed by atoms with Gasteiger partial charge in [-0.1, -0.05) is 30.3 Å². The Morgan fingerprint density at radius 3 is 2.59 bits per heavy atom. The lowest BCUT2D eigenvalue weighted by molar-refractivity contribution is 0.0494. The Labute approximate surface area is 190 Å². The van der Waals surface area contributed by atoms with Crippen LogP contribution in [0.25, 0.3) is 0 Å². The van der Waals surface area contributed by atoms with Gasteiger partial charge in [-0.25, -0.2) is 4.79 Å². The van der Waals surface area contributed by atoms with Gasteiger partial charge in [0.15, 0.2) is 0 Å². The van der Waals surface area contributed by atoms with E-state index in [1.54, 1.807) is 4.90 Å². The SMILES string of the molecule is CCOc1ccccc1CN1CCN(Cc2ccc(N3CCNC3=O)cc2)C[C@@H]1CCO. The molecule has 2 fully saturated rings. The zero-order valence-corrected chi connectivity index (χ0v) is 18.9. The van der Waals surface area contributed by atoms with E-state index in [0.717, 1.165) is 57.1 Å². The number of ether oxygens (including phenoxy) is 1. The normalized spacial score (nSPS) is 19.9. The Bertz CT molecular complexity index is 889. The number of urea groups is 1. The molecule has 0 unspecified atom stereocenters. The standard InChI is InChI=1S/C25H34N4O3/c1-2-32-24-6-4-3-5-21(24)18-28-15-14-27(19-23(28)11-16-30)17-20-7-9-22(10-8-20)29-13-12-26-25(29)31/h3-10,23,30H,2,11-19H2,1H3,(H,26,31)/t23-/m0/s1. The van der Waals surface area contributed by atoms with Crippen LogP contribution in [0.5, 0.6) is 5.75 Å². The minimum atomic E-state index is -0.0216. The number of amides is 2. The number of piperazine rings is 1. The lowest BCUT2D eigenvalue weighted by Gasteiger charge is -2.41. The van der Waals surface area contributed by atoms with Crippen molar-refractivity contribution in [1.29, 1.82) is 0 Å². The highest BCUT2D eigenvalue weighted by atomic mass is 16.5. The molecule has 2 aromatic carbocycles. The summed E-state index contributed by atoms with van der Waals surface area (Å²) in [6.07, 6.45) is 0.760. The molecule has 2 aliphatic heterocycles. The monoisotopic (exact) mass is 438 g/mol. The van der Waals surface area contributed by atoms with Gasteiger partial charge in [-0.05, 0) is 37.1 Å². The van der Waals surface area contributed by atoms with Crippen molar-refractivity contribution in [2.75, 3.05) is 50.8 Å². The Hall–Kier alpha value is -2.61. The van der Waals surface area contributed by atoms with Gasteiger partial charge in [0.05, 0.1) is 6.61 Å². The summed E-state index contributed by atoms with van der Waals surface area (Å²) in [4.78, 5) is 18.6. The summed E-state index contributed by atoms with van der Waals surface area (Å²) < 4.78 is 5.81. The van der Waals surface area contributed by atoms with Crippen LogP contribution < -0.4 is 15.0 Å². The van der Waals surface area contributed by atoms with Gasteiger partial charge in [0, 0.05) is 69.7 Å². The molecule has 7 nitrogen and oxygen atoms in total. The summed E-state index contributed by atoms with van der Waals surface area (Å²) in [6, 6.07) is 16.8. The van der Waals surface area contributed by atoms with Crippen molar-refractivity contribution in [1.82, 2.24) is 15.1 Å². The fraction of sp³-hybridized carbons (Fsp3) is 0.480. The second-order valence-electron chi connectivity index (χ2n) is 8.46. The molecule has 0 aromatic heterocycles. The molecule has 0 bridgehead atoms. The second kappa shape index (κ2) is 10.8. The van der Waals surface area contributed by atoms with Crippen LogP contribution in [0, 0.1) is 0 Å². The maximum Gasteiger partial charge on any atom is 0.321 e. The van der Waals surface area contributed by atoms with Gasteiger partial charge in [-0.3, -0.25) is 14.7 Å². The molecule has 1 atom stereocenters. The molecule has 32 heavy (non-hydrogen) atoms. The molecular weight excluding hydrogens is 404 g/mol. The van der Waals surface area contributed by atoms with Crippen molar-refractivity contribution >= 4 is 11.7 Å². The van der Waals surface area contributed by atoms with Crippen molar-refractivity contribution in [3.63, 3.8) is 0 Å². The van der Waals surface area contributed by atoms with Gasteiger partial charge in [-0.2, -0.15) is 0 Å². The van der Waals surface area contributed by atoms with Crippen LogP contribution in [0.15, 0.2) is 48.5 Å². The molecule has 0 saturated carbocycles. The fourth-order valence-corrected chi connectivity index (χ4v) is 4.64. The molecule has 0 radical (unpaired) electrons.